The number of anilines is 1. The molecule has 1 atom stereocenters. The van der Waals surface area contributed by atoms with Crippen molar-refractivity contribution in [1.29, 1.82) is 0 Å². The number of hydrogen-bond acceptors (Lipinski definition) is 5. The fourth-order valence-corrected chi connectivity index (χ4v) is 3.43. The molecule has 0 aliphatic carbocycles. The van der Waals surface area contributed by atoms with E-state index in [4.69, 9.17) is 5.73 Å². The summed E-state index contributed by atoms with van der Waals surface area (Å²) in [6.07, 6.45) is 1.82. The number of aromatic nitrogens is 1. The summed E-state index contributed by atoms with van der Waals surface area (Å²) in [5.74, 6) is -0.381. The molecule has 2 heterocycles. The van der Waals surface area contributed by atoms with Crippen LogP contribution in [-0.2, 0) is 4.79 Å². The number of carbonyl (C=O) groups excluding carboxylic acids is 1. The lowest BCUT2D eigenvalue weighted by Crippen LogP contribution is -2.27. The molecule has 0 fully saturated rings. The van der Waals surface area contributed by atoms with Crippen LogP contribution in [0, 0.1) is 0 Å². The Morgan fingerprint density at radius 2 is 2.14 bits per heavy atom. The molecule has 0 saturated carbocycles. The molecule has 0 radical (unpaired) electrons. The predicted molar refractivity (Wildman–Crippen MR) is 98.9 cm³/mol. The zero-order valence-electron chi connectivity index (χ0n) is 11.4. The Balaban J connectivity index is 0.00000121. The Kier molecular flexibility index (Phi) is 7.25. The second-order valence-corrected chi connectivity index (χ2v) is 6.03. The van der Waals surface area contributed by atoms with E-state index >= 15 is 0 Å². The van der Waals surface area contributed by atoms with Gasteiger partial charge in [0.15, 0.2) is 0 Å². The van der Waals surface area contributed by atoms with Gasteiger partial charge < -0.3 is 11.1 Å². The van der Waals surface area contributed by atoms with Crippen LogP contribution in [0.15, 0.2) is 41.2 Å². The van der Waals surface area contributed by atoms with Gasteiger partial charge in [-0.05, 0) is 52.1 Å². The maximum atomic E-state index is 12.3. The average molecular weight is 376 g/mol. The highest BCUT2D eigenvalue weighted by Gasteiger charge is 2.19. The van der Waals surface area contributed by atoms with Crippen molar-refractivity contribution in [2.45, 2.75) is 5.92 Å². The summed E-state index contributed by atoms with van der Waals surface area (Å²) in [6, 6.07) is 7.71. The highest BCUT2D eigenvalue weighted by molar-refractivity contribution is 7.13. The number of halogens is 2. The summed E-state index contributed by atoms with van der Waals surface area (Å²) in [4.78, 5) is 12.3. The van der Waals surface area contributed by atoms with Crippen molar-refractivity contribution in [2.75, 3.05) is 11.9 Å². The maximum Gasteiger partial charge on any atom is 0.233 e. The number of carbonyl (C=O) groups is 1. The molecule has 1 amide bonds. The number of benzene rings is 1. The van der Waals surface area contributed by atoms with Gasteiger partial charge in [-0.1, -0.05) is 0 Å². The number of amides is 1. The largest absolute Gasteiger partial charge is 0.329 e. The quantitative estimate of drug-likeness (QED) is 0.726. The van der Waals surface area contributed by atoms with Gasteiger partial charge in [0.1, 0.15) is 0 Å². The first-order valence-corrected chi connectivity index (χ1v) is 7.87. The van der Waals surface area contributed by atoms with Crippen molar-refractivity contribution in [1.82, 2.24) is 4.37 Å². The molecule has 1 unspecified atom stereocenters. The van der Waals surface area contributed by atoms with Crippen molar-refractivity contribution in [3.8, 4) is 0 Å². The van der Waals surface area contributed by atoms with E-state index in [-0.39, 0.29) is 36.6 Å². The molecule has 2 aromatic heterocycles. The van der Waals surface area contributed by atoms with Crippen LogP contribution in [0.3, 0.4) is 0 Å². The second-order valence-electron chi connectivity index (χ2n) is 4.41. The topological polar surface area (TPSA) is 68.0 Å². The molecule has 8 heteroatoms. The second kappa shape index (κ2) is 8.45. The molecule has 0 spiro atoms. The molecule has 0 bridgehead atoms. The van der Waals surface area contributed by atoms with Crippen molar-refractivity contribution in [2.24, 2.45) is 5.73 Å². The van der Waals surface area contributed by atoms with Crippen LogP contribution in [0.25, 0.3) is 10.1 Å². The van der Waals surface area contributed by atoms with Crippen molar-refractivity contribution in [3.63, 3.8) is 0 Å². The van der Waals surface area contributed by atoms with Crippen LogP contribution in [0.5, 0.6) is 0 Å². The highest BCUT2D eigenvalue weighted by Crippen LogP contribution is 2.24. The van der Waals surface area contributed by atoms with Crippen LogP contribution in [-0.4, -0.2) is 16.8 Å². The molecule has 0 saturated heterocycles. The molecule has 4 nitrogen and oxygen atoms in total. The van der Waals surface area contributed by atoms with E-state index in [1.807, 2.05) is 41.2 Å². The van der Waals surface area contributed by atoms with E-state index < -0.39 is 0 Å². The standard InChI is InChI=1S/C14H13N3OS2.2ClH/c15-6-12(10-3-4-19-8-10)14(18)17-11-2-1-9-7-16-20-13(9)5-11;;/h1-5,7-8,12H,6,15H2,(H,17,18);2*1H. The summed E-state index contributed by atoms with van der Waals surface area (Å²) in [7, 11) is 0. The van der Waals surface area contributed by atoms with Gasteiger partial charge in [0, 0.05) is 23.8 Å². The Labute approximate surface area is 148 Å². The van der Waals surface area contributed by atoms with Gasteiger partial charge in [-0.15, -0.1) is 24.8 Å². The summed E-state index contributed by atoms with van der Waals surface area (Å²) in [6.45, 7) is 0.297. The number of thiophene rings is 1. The summed E-state index contributed by atoms with van der Waals surface area (Å²) in [5.41, 5.74) is 7.47. The normalized spacial score (nSPS) is 11.3. The third-order valence-electron chi connectivity index (χ3n) is 3.12. The van der Waals surface area contributed by atoms with Crippen molar-refractivity contribution >= 4 is 69.4 Å². The molecule has 1 aromatic carbocycles. The zero-order chi connectivity index (χ0) is 13.9. The number of rotatable bonds is 4. The molecule has 0 aliphatic rings. The zero-order valence-corrected chi connectivity index (χ0v) is 14.7. The molecule has 118 valence electrons. The maximum absolute atomic E-state index is 12.3. The van der Waals surface area contributed by atoms with Crippen LogP contribution in [0.4, 0.5) is 5.69 Å². The van der Waals surface area contributed by atoms with E-state index in [0.29, 0.717) is 6.54 Å². The number of fused-ring (bicyclic) bond motifs is 1. The van der Waals surface area contributed by atoms with E-state index in [2.05, 4.69) is 9.69 Å². The minimum absolute atomic E-state index is 0. The Morgan fingerprint density at radius 3 is 2.82 bits per heavy atom. The first-order chi connectivity index (χ1) is 9.78. The summed E-state index contributed by atoms with van der Waals surface area (Å²) >= 11 is 2.98. The number of hydrogen-bond donors (Lipinski definition) is 2. The monoisotopic (exact) mass is 375 g/mol. The lowest BCUT2D eigenvalue weighted by Gasteiger charge is -2.13. The third-order valence-corrected chi connectivity index (χ3v) is 4.58. The first kappa shape index (κ1) is 18.9. The van der Waals surface area contributed by atoms with Gasteiger partial charge in [-0.2, -0.15) is 15.7 Å². The van der Waals surface area contributed by atoms with Gasteiger partial charge in [-0.25, -0.2) is 0 Å². The van der Waals surface area contributed by atoms with Crippen LogP contribution in [0.1, 0.15) is 11.5 Å². The Bertz CT molecular complexity index is 731. The molecule has 0 aliphatic heterocycles. The minimum atomic E-state index is -0.307. The molecule has 3 aromatic rings. The predicted octanol–water partition coefficient (Wildman–Crippen LogP) is 3.88. The highest BCUT2D eigenvalue weighted by atomic mass is 35.5. The van der Waals surface area contributed by atoms with Gasteiger partial charge in [0.05, 0.1) is 10.6 Å². The van der Waals surface area contributed by atoms with E-state index in [1.165, 1.54) is 11.5 Å². The van der Waals surface area contributed by atoms with Gasteiger partial charge >= 0.3 is 0 Å². The van der Waals surface area contributed by atoms with Gasteiger partial charge in [0.25, 0.3) is 0 Å². The molecule has 22 heavy (non-hydrogen) atoms. The molecule has 3 N–H and O–H groups in total. The van der Waals surface area contributed by atoms with Gasteiger partial charge in [0.2, 0.25) is 5.91 Å². The van der Waals surface area contributed by atoms with E-state index in [1.54, 1.807) is 11.3 Å². The summed E-state index contributed by atoms with van der Waals surface area (Å²) < 4.78 is 5.18. The van der Waals surface area contributed by atoms with E-state index in [9.17, 15) is 4.79 Å². The van der Waals surface area contributed by atoms with E-state index in [0.717, 1.165) is 21.3 Å². The van der Waals surface area contributed by atoms with Gasteiger partial charge in [-0.3, -0.25) is 4.79 Å². The fourth-order valence-electron chi connectivity index (χ4n) is 2.03. The minimum Gasteiger partial charge on any atom is -0.329 e. The molecular formula is C14H15Cl2N3OS2. The third kappa shape index (κ3) is 3.97. The summed E-state index contributed by atoms with van der Waals surface area (Å²) in [5, 5.41) is 7.93. The lowest BCUT2D eigenvalue weighted by molar-refractivity contribution is -0.117. The van der Waals surface area contributed by atoms with Crippen molar-refractivity contribution < 1.29 is 4.79 Å². The first-order valence-electron chi connectivity index (χ1n) is 6.15. The SMILES string of the molecule is Cl.Cl.NCC(C(=O)Nc1ccc2cnsc2c1)c1ccsc1. The number of nitrogens with one attached hydrogen (secondary N) is 1. The average Bonchev–Trinajstić information content (AvgIpc) is 3.09. The van der Waals surface area contributed by atoms with Crippen LogP contribution in [0.2, 0.25) is 0 Å². The van der Waals surface area contributed by atoms with Crippen molar-refractivity contribution in [3.05, 3.63) is 46.8 Å². The Hall–Kier alpha value is -1.18. The Morgan fingerprint density at radius 1 is 1.32 bits per heavy atom. The number of nitrogens with zero attached hydrogens (tertiary/aromatic N) is 1. The van der Waals surface area contributed by atoms with Crippen LogP contribution < -0.4 is 11.1 Å². The molecular weight excluding hydrogens is 361 g/mol. The fraction of sp³-hybridized carbons (Fsp3) is 0.143. The smallest absolute Gasteiger partial charge is 0.233 e. The number of nitrogens with two attached hydrogens (primary N) is 1. The molecule has 3 rings (SSSR count). The lowest BCUT2D eigenvalue weighted by atomic mass is 10.0. The van der Waals surface area contributed by atoms with Crippen LogP contribution >= 0.6 is 47.7 Å².